The third kappa shape index (κ3) is 3.30. The van der Waals surface area contributed by atoms with Crippen LogP contribution in [0, 0.1) is 0 Å². The van der Waals surface area contributed by atoms with Crippen molar-refractivity contribution < 1.29 is 9.53 Å². The van der Waals surface area contributed by atoms with Crippen LogP contribution >= 0.6 is 0 Å². The number of benzene rings is 1. The zero-order chi connectivity index (χ0) is 12.1. The Morgan fingerprint density at radius 3 is 2.94 bits per heavy atom. The molecule has 0 bridgehead atoms. The first-order valence-electron chi connectivity index (χ1n) is 6.14. The minimum Gasteiger partial charge on any atom is -0.384 e. The van der Waals surface area contributed by atoms with E-state index in [1.54, 1.807) is 7.11 Å². The van der Waals surface area contributed by atoms with Crippen LogP contribution in [0.15, 0.2) is 24.3 Å². The SMILES string of the molecule is COCCC(=O)N[C@@H]1CCc2ccccc2C1. The molecule has 0 aliphatic heterocycles. The molecular weight excluding hydrogens is 214 g/mol. The minimum absolute atomic E-state index is 0.0937. The molecule has 1 aromatic rings. The third-order valence-electron chi connectivity index (χ3n) is 3.25. The van der Waals surface area contributed by atoms with Gasteiger partial charge in [-0.25, -0.2) is 0 Å². The van der Waals surface area contributed by atoms with Crippen molar-refractivity contribution in [2.75, 3.05) is 13.7 Å². The van der Waals surface area contributed by atoms with E-state index in [-0.39, 0.29) is 11.9 Å². The maximum Gasteiger partial charge on any atom is 0.222 e. The molecule has 0 fully saturated rings. The molecule has 1 aliphatic carbocycles. The van der Waals surface area contributed by atoms with Gasteiger partial charge in [0.05, 0.1) is 6.61 Å². The van der Waals surface area contributed by atoms with Crippen LogP contribution in [-0.4, -0.2) is 25.7 Å². The molecule has 3 heteroatoms. The lowest BCUT2D eigenvalue weighted by molar-refractivity contribution is -0.122. The molecule has 0 spiro atoms. The second-order valence-electron chi connectivity index (χ2n) is 4.52. The Morgan fingerprint density at radius 1 is 1.41 bits per heavy atom. The van der Waals surface area contributed by atoms with Gasteiger partial charge in [0.15, 0.2) is 0 Å². The summed E-state index contributed by atoms with van der Waals surface area (Å²) in [6.07, 6.45) is 3.50. The number of amides is 1. The van der Waals surface area contributed by atoms with E-state index in [0.717, 1.165) is 19.3 Å². The Balaban J connectivity index is 1.88. The molecule has 2 rings (SSSR count). The number of carbonyl (C=O) groups excluding carboxylic acids is 1. The standard InChI is InChI=1S/C14H19NO2/c1-17-9-8-14(16)15-13-7-6-11-4-2-3-5-12(11)10-13/h2-5,13H,6-10H2,1H3,(H,15,16)/t13-/m1/s1. The van der Waals surface area contributed by atoms with Gasteiger partial charge >= 0.3 is 0 Å². The van der Waals surface area contributed by atoms with E-state index in [0.29, 0.717) is 13.0 Å². The predicted molar refractivity (Wildman–Crippen MR) is 66.9 cm³/mol. The van der Waals surface area contributed by atoms with Gasteiger partial charge in [-0.05, 0) is 30.4 Å². The Kier molecular flexibility index (Phi) is 4.15. The molecule has 0 saturated carbocycles. The van der Waals surface area contributed by atoms with Crippen molar-refractivity contribution in [2.24, 2.45) is 0 Å². The first kappa shape index (κ1) is 12.1. The fourth-order valence-corrected chi connectivity index (χ4v) is 2.32. The quantitative estimate of drug-likeness (QED) is 0.859. The van der Waals surface area contributed by atoms with E-state index in [9.17, 15) is 4.79 Å². The summed E-state index contributed by atoms with van der Waals surface area (Å²) in [5.41, 5.74) is 2.80. The van der Waals surface area contributed by atoms with Crippen LogP contribution in [-0.2, 0) is 22.4 Å². The Bertz CT molecular complexity index is 390. The van der Waals surface area contributed by atoms with Gasteiger partial charge in [0.2, 0.25) is 5.91 Å². The summed E-state index contributed by atoms with van der Waals surface area (Å²) in [6.45, 7) is 0.495. The van der Waals surface area contributed by atoms with Crippen LogP contribution in [0.4, 0.5) is 0 Å². The van der Waals surface area contributed by atoms with Crippen molar-refractivity contribution in [1.82, 2.24) is 5.32 Å². The Morgan fingerprint density at radius 2 is 2.18 bits per heavy atom. The zero-order valence-corrected chi connectivity index (χ0v) is 10.2. The lowest BCUT2D eigenvalue weighted by Crippen LogP contribution is -2.39. The fourth-order valence-electron chi connectivity index (χ4n) is 2.32. The van der Waals surface area contributed by atoms with Crippen LogP contribution in [0.5, 0.6) is 0 Å². The Labute approximate surface area is 102 Å². The monoisotopic (exact) mass is 233 g/mol. The van der Waals surface area contributed by atoms with Crippen molar-refractivity contribution in [3.05, 3.63) is 35.4 Å². The van der Waals surface area contributed by atoms with Gasteiger partial charge in [-0.1, -0.05) is 24.3 Å². The van der Waals surface area contributed by atoms with Crippen molar-refractivity contribution in [3.8, 4) is 0 Å². The van der Waals surface area contributed by atoms with Crippen LogP contribution in [0.25, 0.3) is 0 Å². The number of rotatable bonds is 4. The molecule has 3 nitrogen and oxygen atoms in total. The minimum atomic E-state index is 0.0937. The molecule has 1 amide bonds. The van der Waals surface area contributed by atoms with Crippen LogP contribution in [0.1, 0.15) is 24.0 Å². The molecule has 0 heterocycles. The number of carbonyl (C=O) groups is 1. The van der Waals surface area contributed by atoms with Crippen LogP contribution in [0.3, 0.4) is 0 Å². The van der Waals surface area contributed by atoms with Gasteiger partial charge in [-0.3, -0.25) is 4.79 Å². The maximum atomic E-state index is 11.6. The highest BCUT2D eigenvalue weighted by molar-refractivity contribution is 5.76. The average Bonchev–Trinajstić information content (AvgIpc) is 2.36. The summed E-state index contributed by atoms with van der Waals surface area (Å²) in [6, 6.07) is 8.76. The van der Waals surface area contributed by atoms with E-state index < -0.39 is 0 Å². The number of hydrogen-bond acceptors (Lipinski definition) is 2. The average molecular weight is 233 g/mol. The number of fused-ring (bicyclic) bond motifs is 1. The summed E-state index contributed by atoms with van der Waals surface area (Å²) in [5.74, 6) is 0.0937. The molecular formula is C14H19NO2. The number of aryl methyl sites for hydroxylation is 1. The number of hydrogen-bond donors (Lipinski definition) is 1. The molecule has 92 valence electrons. The first-order chi connectivity index (χ1) is 8.29. The molecule has 0 radical (unpaired) electrons. The van der Waals surface area contributed by atoms with E-state index in [2.05, 4.69) is 29.6 Å². The third-order valence-corrected chi connectivity index (χ3v) is 3.25. The maximum absolute atomic E-state index is 11.6. The normalized spacial score (nSPS) is 18.5. The highest BCUT2D eigenvalue weighted by Crippen LogP contribution is 2.20. The second kappa shape index (κ2) is 5.82. The topological polar surface area (TPSA) is 38.3 Å². The zero-order valence-electron chi connectivity index (χ0n) is 10.2. The summed E-state index contributed by atoms with van der Waals surface area (Å²) in [7, 11) is 1.62. The first-order valence-corrected chi connectivity index (χ1v) is 6.14. The van der Waals surface area contributed by atoms with Crippen LogP contribution < -0.4 is 5.32 Å². The van der Waals surface area contributed by atoms with Crippen LogP contribution in [0.2, 0.25) is 0 Å². The van der Waals surface area contributed by atoms with Gasteiger partial charge in [0.1, 0.15) is 0 Å². The molecule has 0 aromatic heterocycles. The fraction of sp³-hybridized carbons (Fsp3) is 0.500. The molecule has 1 aromatic carbocycles. The molecule has 17 heavy (non-hydrogen) atoms. The summed E-state index contributed by atoms with van der Waals surface area (Å²) in [5, 5.41) is 3.08. The van der Waals surface area contributed by atoms with Gasteiger partial charge in [0, 0.05) is 19.6 Å². The molecule has 0 saturated heterocycles. The van der Waals surface area contributed by atoms with E-state index in [4.69, 9.17) is 4.74 Å². The van der Waals surface area contributed by atoms with E-state index in [1.807, 2.05) is 0 Å². The lowest BCUT2D eigenvalue weighted by Gasteiger charge is -2.25. The van der Waals surface area contributed by atoms with E-state index >= 15 is 0 Å². The van der Waals surface area contributed by atoms with Gasteiger partial charge in [0.25, 0.3) is 0 Å². The lowest BCUT2D eigenvalue weighted by atomic mass is 9.88. The van der Waals surface area contributed by atoms with Crippen molar-refractivity contribution in [1.29, 1.82) is 0 Å². The number of ether oxygens (including phenoxy) is 1. The van der Waals surface area contributed by atoms with Crippen molar-refractivity contribution in [3.63, 3.8) is 0 Å². The smallest absolute Gasteiger partial charge is 0.222 e. The van der Waals surface area contributed by atoms with Gasteiger partial charge in [-0.2, -0.15) is 0 Å². The molecule has 0 unspecified atom stereocenters. The Hall–Kier alpha value is -1.35. The number of nitrogens with one attached hydrogen (secondary N) is 1. The summed E-state index contributed by atoms with van der Waals surface area (Å²) in [4.78, 5) is 11.6. The predicted octanol–water partition coefficient (Wildman–Crippen LogP) is 1.70. The second-order valence-corrected chi connectivity index (χ2v) is 4.52. The largest absolute Gasteiger partial charge is 0.384 e. The molecule has 1 aliphatic rings. The summed E-state index contributed by atoms with van der Waals surface area (Å²) >= 11 is 0. The molecule has 1 atom stereocenters. The summed E-state index contributed by atoms with van der Waals surface area (Å²) < 4.78 is 4.90. The highest BCUT2D eigenvalue weighted by Gasteiger charge is 2.19. The molecule has 1 N–H and O–H groups in total. The number of methoxy groups -OCH3 is 1. The van der Waals surface area contributed by atoms with Gasteiger partial charge in [-0.15, -0.1) is 0 Å². The van der Waals surface area contributed by atoms with Crippen molar-refractivity contribution >= 4 is 5.91 Å². The highest BCUT2D eigenvalue weighted by atomic mass is 16.5. The van der Waals surface area contributed by atoms with Crippen molar-refractivity contribution in [2.45, 2.75) is 31.7 Å². The van der Waals surface area contributed by atoms with Gasteiger partial charge < -0.3 is 10.1 Å². The van der Waals surface area contributed by atoms with E-state index in [1.165, 1.54) is 11.1 Å².